The molecular weight excluding hydrogens is 356 g/mol. The van der Waals surface area contributed by atoms with Gasteiger partial charge in [-0.05, 0) is 30.3 Å². The van der Waals surface area contributed by atoms with E-state index < -0.39 is 10.0 Å². The van der Waals surface area contributed by atoms with E-state index in [4.69, 9.17) is 5.14 Å². The molecule has 2 aromatic carbocycles. The molecule has 1 aliphatic rings. The van der Waals surface area contributed by atoms with E-state index in [0.717, 1.165) is 22.6 Å². The van der Waals surface area contributed by atoms with Crippen molar-refractivity contribution >= 4 is 33.4 Å². The van der Waals surface area contributed by atoms with Gasteiger partial charge in [0.25, 0.3) is 0 Å². The number of anilines is 2. The van der Waals surface area contributed by atoms with Gasteiger partial charge in [0, 0.05) is 33.7 Å². The zero-order valence-electron chi connectivity index (χ0n) is 13.0. The molecule has 0 saturated carbocycles. The highest BCUT2D eigenvalue weighted by atomic mass is 32.2. The topological polar surface area (TPSA) is 98.0 Å². The third-order valence-electron chi connectivity index (χ3n) is 3.83. The first-order chi connectivity index (χ1) is 12.0. The van der Waals surface area contributed by atoms with Crippen LogP contribution in [0.4, 0.5) is 11.6 Å². The van der Waals surface area contributed by atoms with Gasteiger partial charge in [-0.3, -0.25) is 0 Å². The summed E-state index contributed by atoms with van der Waals surface area (Å²) < 4.78 is 22.6. The number of nitrogens with two attached hydrogens (primary N) is 1. The van der Waals surface area contributed by atoms with Crippen molar-refractivity contribution in [2.75, 3.05) is 5.32 Å². The van der Waals surface area contributed by atoms with E-state index in [2.05, 4.69) is 27.4 Å². The van der Waals surface area contributed by atoms with Crippen molar-refractivity contribution in [2.45, 2.75) is 15.5 Å². The van der Waals surface area contributed by atoms with Crippen LogP contribution in [0.1, 0.15) is 5.56 Å². The quantitative estimate of drug-likeness (QED) is 0.735. The highest BCUT2D eigenvalue weighted by Gasteiger charge is 2.18. The fourth-order valence-corrected chi connectivity index (χ4v) is 4.14. The number of primary sulfonamides is 1. The van der Waals surface area contributed by atoms with Crippen LogP contribution < -0.4 is 10.5 Å². The predicted molar refractivity (Wildman–Crippen MR) is 98.1 cm³/mol. The van der Waals surface area contributed by atoms with Gasteiger partial charge in [0.2, 0.25) is 16.0 Å². The summed E-state index contributed by atoms with van der Waals surface area (Å²) in [6.45, 7) is 0. The molecule has 2 heterocycles. The Balaban J connectivity index is 1.65. The lowest BCUT2D eigenvalue weighted by Gasteiger charge is -2.18. The summed E-state index contributed by atoms with van der Waals surface area (Å²) in [4.78, 5) is 10.3. The summed E-state index contributed by atoms with van der Waals surface area (Å²) in [5, 5.41) is 8.20. The van der Waals surface area contributed by atoms with Crippen LogP contribution in [0.3, 0.4) is 0 Å². The molecule has 0 aliphatic carbocycles. The second-order valence-electron chi connectivity index (χ2n) is 5.55. The van der Waals surface area contributed by atoms with Gasteiger partial charge in [-0.15, -0.1) is 11.8 Å². The number of aromatic nitrogens is 2. The third kappa shape index (κ3) is 3.23. The number of hydrogen-bond acceptors (Lipinski definition) is 6. The van der Waals surface area contributed by atoms with Crippen LogP contribution in [0.25, 0.3) is 11.3 Å². The van der Waals surface area contributed by atoms with E-state index in [-0.39, 0.29) is 4.90 Å². The molecule has 0 bridgehead atoms. The number of thioether (sulfide) groups is 1. The summed E-state index contributed by atoms with van der Waals surface area (Å²) in [6.07, 6.45) is 1.83. The molecule has 3 N–H and O–H groups in total. The number of fused-ring (bicyclic) bond motifs is 3. The molecule has 6 nitrogen and oxygen atoms in total. The molecule has 4 rings (SSSR count). The summed E-state index contributed by atoms with van der Waals surface area (Å²) >= 11 is 1.78. The monoisotopic (exact) mass is 370 g/mol. The summed E-state index contributed by atoms with van der Waals surface area (Å²) in [5.41, 5.74) is 3.81. The molecular formula is C17H14N4O2S2. The number of nitrogens with one attached hydrogen (secondary N) is 1. The van der Waals surface area contributed by atoms with Crippen molar-refractivity contribution in [2.24, 2.45) is 5.14 Å². The van der Waals surface area contributed by atoms with Gasteiger partial charge in [-0.25, -0.2) is 23.5 Å². The van der Waals surface area contributed by atoms with Crippen molar-refractivity contribution in [1.29, 1.82) is 0 Å². The minimum Gasteiger partial charge on any atom is -0.324 e. The Morgan fingerprint density at radius 1 is 1.08 bits per heavy atom. The predicted octanol–water partition coefficient (Wildman–Crippen LogP) is 3.14. The zero-order chi connectivity index (χ0) is 17.4. The van der Waals surface area contributed by atoms with E-state index in [1.54, 1.807) is 23.9 Å². The lowest BCUT2D eigenvalue weighted by molar-refractivity contribution is 0.598. The summed E-state index contributed by atoms with van der Waals surface area (Å²) in [5.74, 6) is 1.30. The SMILES string of the molecule is NS(=O)(=O)c1ccc(Nc2ncc3c(n2)-c2ccccc2SC3)cc1. The largest absolute Gasteiger partial charge is 0.324 e. The highest BCUT2D eigenvalue weighted by molar-refractivity contribution is 7.98. The number of rotatable bonds is 3. The number of nitrogens with zero attached hydrogens (tertiary/aromatic N) is 2. The molecule has 126 valence electrons. The molecule has 0 radical (unpaired) electrons. The molecule has 8 heteroatoms. The Bertz CT molecular complexity index is 1050. The maximum absolute atomic E-state index is 11.3. The maximum atomic E-state index is 11.3. The van der Waals surface area contributed by atoms with Crippen molar-refractivity contribution < 1.29 is 8.42 Å². The molecule has 0 unspecified atom stereocenters. The van der Waals surface area contributed by atoms with E-state index in [1.807, 2.05) is 18.3 Å². The molecule has 0 atom stereocenters. The van der Waals surface area contributed by atoms with Gasteiger partial charge in [-0.2, -0.15) is 0 Å². The van der Waals surface area contributed by atoms with E-state index >= 15 is 0 Å². The standard InChI is InChI=1S/C17H14N4O2S2/c18-25(22,23)13-7-5-12(6-8-13)20-17-19-9-11-10-24-15-4-2-1-3-14(15)16(11)21-17/h1-9H,10H2,(H2,18,22,23)(H,19,20,21). The second-order valence-corrected chi connectivity index (χ2v) is 8.13. The van der Waals surface area contributed by atoms with Crippen molar-refractivity contribution in [3.63, 3.8) is 0 Å². The zero-order valence-corrected chi connectivity index (χ0v) is 14.6. The average Bonchev–Trinajstić information content (AvgIpc) is 2.61. The first-order valence-electron chi connectivity index (χ1n) is 7.49. The first kappa shape index (κ1) is 16.1. The number of hydrogen-bond donors (Lipinski definition) is 2. The first-order valence-corrected chi connectivity index (χ1v) is 10.0. The number of benzene rings is 2. The Morgan fingerprint density at radius 3 is 2.60 bits per heavy atom. The van der Waals surface area contributed by atoms with Crippen LogP contribution in [-0.2, 0) is 15.8 Å². The fourth-order valence-electron chi connectivity index (χ4n) is 2.61. The van der Waals surface area contributed by atoms with Crippen molar-refractivity contribution in [1.82, 2.24) is 9.97 Å². The minimum absolute atomic E-state index is 0.0651. The summed E-state index contributed by atoms with van der Waals surface area (Å²) in [7, 11) is -3.70. The van der Waals surface area contributed by atoms with Gasteiger partial charge in [0.1, 0.15) is 0 Å². The normalized spacial score (nSPS) is 13.0. The molecule has 0 spiro atoms. The van der Waals surface area contributed by atoms with Crippen LogP contribution in [0.15, 0.2) is 64.5 Å². The molecule has 0 amide bonds. The molecule has 1 aliphatic heterocycles. The van der Waals surface area contributed by atoms with Gasteiger partial charge < -0.3 is 5.32 Å². The Labute approximate surface area is 149 Å². The van der Waals surface area contributed by atoms with Gasteiger partial charge >= 0.3 is 0 Å². The lowest BCUT2D eigenvalue weighted by atomic mass is 10.1. The minimum atomic E-state index is -3.70. The molecule has 3 aromatic rings. The molecule has 0 saturated heterocycles. The second kappa shape index (κ2) is 6.14. The molecule has 0 fully saturated rings. The fraction of sp³-hybridized carbons (Fsp3) is 0.0588. The van der Waals surface area contributed by atoms with Crippen LogP contribution in [0, 0.1) is 0 Å². The third-order valence-corrected chi connectivity index (χ3v) is 5.88. The average molecular weight is 370 g/mol. The molecule has 25 heavy (non-hydrogen) atoms. The smallest absolute Gasteiger partial charge is 0.238 e. The van der Waals surface area contributed by atoms with Gasteiger partial charge in [-0.1, -0.05) is 18.2 Å². The van der Waals surface area contributed by atoms with Gasteiger partial charge in [0.15, 0.2) is 0 Å². The van der Waals surface area contributed by atoms with Crippen LogP contribution in [0.5, 0.6) is 0 Å². The number of sulfonamides is 1. The van der Waals surface area contributed by atoms with E-state index in [0.29, 0.717) is 11.6 Å². The Hall–Kier alpha value is -2.42. The van der Waals surface area contributed by atoms with Crippen LogP contribution >= 0.6 is 11.8 Å². The van der Waals surface area contributed by atoms with Crippen LogP contribution in [-0.4, -0.2) is 18.4 Å². The Kier molecular flexibility index (Phi) is 3.95. The lowest BCUT2D eigenvalue weighted by Crippen LogP contribution is -2.11. The van der Waals surface area contributed by atoms with E-state index in [1.165, 1.54) is 17.0 Å². The van der Waals surface area contributed by atoms with E-state index in [9.17, 15) is 8.42 Å². The molecule has 1 aromatic heterocycles. The van der Waals surface area contributed by atoms with Crippen molar-refractivity contribution in [3.05, 3.63) is 60.3 Å². The van der Waals surface area contributed by atoms with Crippen molar-refractivity contribution in [3.8, 4) is 11.3 Å². The maximum Gasteiger partial charge on any atom is 0.238 e. The van der Waals surface area contributed by atoms with Crippen LogP contribution in [0.2, 0.25) is 0 Å². The van der Waals surface area contributed by atoms with Gasteiger partial charge in [0.05, 0.1) is 10.6 Å². The highest BCUT2D eigenvalue weighted by Crippen LogP contribution is 2.40. The Morgan fingerprint density at radius 2 is 1.84 bits per heavy atom. The summed E-state index contributed by atoms with van der Waals surface area (Å²) in [6, 6.07) is 14.3.